The van der Waals surface area contributed by atoms with Crippen LogP contribution in [0, 0.1) is 0 Å². The topological polar surface area (TPSA) is 64.4 Å². The molecule has 0 bridgehead atoms. The molecule has 2 heterocycles. The van der Waals surface area contributed by atoms with Gasteiger partial charge in [-0.3, -0.25) is 14.2 Å². The van der Waals surface area contributed by atoms with E-state index in [4.69, 9.17) is 9.72 Å². The maximum atomic E-state index is 13.4. The maximum Gasteiger partial charge on any atom is 0.266 e. The second-order valence-electron chi connectivity index (χ2n) is 8.64. The van der Waals surface area contributed by atoms with Crippen LogP contribution in [0.4, 0.5) is 0 Å². The van der Waals surface area contributed by atoms with Gasteiger partial charge in [-0.25, -0.2) is 4.98 Å². The fourth-order valence-corrected chi connectivity index (χ4v) is 4.96. The van der Waals surface area contributed by atoms with Crippen LogP contribution in [0.15, 0.2) is 58.5 Å². The molecule has 1 aliphatic rings. The molecule has 1 saturated heterocycles. The van der Waals surface area contributed by atoms with E-state index in [9.17, 15) is 9.59 Å². The van der Waals surface area contributed by atoms with Crippen LogP contribution >= 0.6 is 11.8 Å². The monoisotopic (exact) mass is 451 g/mol. The molecule has 0 aliphatic carbocycles. The Hall–Kier alpha value is -2.64. The van der Waals surface area contributed by atoms with E-state index < -0.39 is 0 Å². The number of hydrogen-bond acceptors (Lipinski definition) is 5. The molecule has 0 saturated carbocycles. The third-order valence-electron chi connectivity index (χ3n) is 5.66. The summed E-state index contributed by atoms with van der Waals surface area (Å²) in [5.41, 5.74) is 2.46. The number of carbonyl (C=O) groups is 1. The molecule has 6 nitrogen and oxygen atoms in total. The van der Waals surface area contributed by atoms with E-state index in [-0.39, 0.29) is 29.4 Å². The molecule has 1 aliphatic heterocycles. The van der Waals surface area contributed by atoms with Gasteiger partial charge in [-0.2, -0.15) is 0 Å². The quantitative estimate of drug-likeness (QED) is 0.429. The van der Waals surface area contributed by atoms with Crippen molar-refractivity contribution in [1.29, 1.82) is 0 Å². The molecule has 0 spiro atoms. The lowest BCUT2D eigenvalue weighted by Gasteiger charge is -2.35. The molecule has 2 aromatic carbocycles. The van der Waals surface area contributed by atoms with Crippen molar-refractivity contribution < 1.29 is 9.53 Å². The Balaban J connectivity index is 1.67. The van der Waals surface area contributed by atoms with E-state index in [0.29, 0.717) is 35.1 Å². The zero-order valence-electron chi connectivity index (χ0n) is 18.9. The SMILES string of the molecule is CC1CN(C(=O)CSc2nc3ccccc3c(=O)n2-c2ccc(C(C)C)cc2)CC(C)O1. The van der Waals surface area contributed by atoms with Crippen molar-refractivity contribution in [3.63, 3.8) is 0 Å². The summed E-state index contributed by atoms with van der Waals surface area (Å²) in [6.07, 6.45) is 0.0355. The predicted octanol–water partition coefficient (Wildman–Crippen LogP) is 4.24. The van der Waals surface area contributed by atoms with Crippen LogP contribution in [0.3, 0.4) is 0 Å². The lowest BCUT2D eigenvalue weighted by atomic mass is 10.0. The summed E-state index contributed by atoms with van der Waals surface area (Å²) in [5, 5.41) is 1.08. The maximum absolute atomic E-state index is 13.4. The zero-order valence-corrected chi connectivity index (χ0v) is 19.8. The first-order valence-corrected chi connectivity index (χ1v) is 12.0. The van der Waals surface area contributed by atoms with E-state index in [1.54, 1.807) is 10.6 Å². The second kappa shape index (κ2) is 9.46. The smallest absolute Gasteiger partial charge is 0.266 e. The van der Waals surface area contributed by atoms with Crippen LogP contribution in [0.5, 0.6) is 0 Å². The van der Waals surface area contributed by atoms with Crippen molar-refractivity contribution in [3.05, 3.63) is 64.4 Å². The predicted molar refractivity (Wildman–Crippen MR) is 129 cm³/mol. The van der Waals surface area contributed by atoms with Crippen molar-refractivity contribution in [2.24, 2.45) is 0 Å². The minimum atomic E-state index is -0.128. The molecule has 32 heavy (non-hydrogen) atoms. The van der Waals surface area contributed by atoms with Gasteiger partial charge in [0.2, 0.25) is 5.91 Å². The molecule has 1 amide bonds. The average Bonchev–Trinajstić information content (AvgIpc) is 2.77. The van der Waals surface area contributed by atoms with Gasteiger partial charge >= 0.3 is 0 Å². The Morgan fingerprint density at radius 3 is 2.41 bits per heavy atom. The molecule has 3 aromatic rings. The first kappa shape index (κ1) is 22.6. The van der Waals surface area contributed by atoms with E-state index in [1.807, 2.05) is 61.2 Å². The number of fused-ring (bicyclic) bond motifs is 1. The highest BCUT2D eigenvalue weighted by molar-refractivity contribution is 7.99. The fraction of sp³-hybridized carbons (Fsp3) is 0.400. The summed E-state index contributed by atoms with van der Waals surface area (Å²) in [5.74, 6) is 0.648. The van der Waals surface area contributed by atoms with E-state index in [0.717, 1.165) is 5.69 Å². The Morgan fingerprint density at radius 1 is 1.09 bits per heavy atom. The molecule has 1 fully saturated rings. The summed E-state index contributed by atoms with van der Waals surface area (Å²) in [6.45, 7) is 9.40. The van der Waals surface area contributed by atoms with Crippen LogP contribution < -0.4 is 5.56 Å². The Kier molecular flexibility index (Phi) is 6.67. The number of carbonyl (C=O) groups excluding carboxylic acids is 1. The number of aromatic nitrogens is 2. The minimum Gasteiger partial charge on any atom is -0.372 e. The fourth-order valence-electron chi connectivity index (χ4n) is 4.04. The van der Waals surface area contributed by atoms with Crippen LogP contribution in [0.2, 0.25) is 0 Å². The summed E-state index contributed by atoms with van der Waals surface area (Å²) >= 11 is 1.31. The molecular weight excluding hydrogens is 422 g/mol. The van der Waals surface area contributed by atoms with Crippen LogP contribution in [0.25, 0.3) is 16.6 Å². The Bertz CT molecular complexity index is 1160. The zero-order chi connectivity index (χ0) is 22.8. The summed E-state index contributed by atoms with van der Waals surface area (Å²) in [4.78, 5) is 32.9. The number of thioether (sulfide) groups is 1. The normalized spacial score (nSPS) is 19.0. The number of benzene rings is 2. The first-order valence-electron chi connectivity index (χ1n) is 11.0. The summed E-state index contributed by atoms with van der Waals surface area (Å²) in [7, 11) is 0. The molecule has 0 radical (unpaired) electrons. The van der Waals surface area contributed by atoms with E-state index in [2.05, 4.69) is 13.8 Å². The van der Waals surface area contributed by atoms with Crippen molar-refractivity contribution in [2.75, 3.05) is 18.8 Å². The number of para-hydroxylation sites is 1. The third-order valence-corrected chi connectivity index (χ3v) is 6.58. The van der Waals surface area contributed by atoms with Crippen LogP contribution in [-0.2, 0) is 9.53 Å². The van der Waals surface area contributed by atoms with Crippen molar-refractivity contribution in [3.8, 4) is 5.69 Å². The molecule has 1 aromatic heterocycles. The van der Waals surface area contributed by atoms with Crippen molar-refractivity contribution >= 4 is 28.6 Å². The lowest BCUT2D eigenvalue weighted by molar-refractivity contribution is -0.140. The molecule has 2 unspecified atom stereocenters. The lowest BCUT2D eigenvalue weighted by Crippen LogP contribution is -2.48. The first-order chi connectivity index (χ1) is 15.3. The van der Waals surface area contributed by atoms with Gasteiger partial charge in [0, 0.05) is 13.1 Å². The average molecular weight is 452 g/mol. The molecule has 4 rings (SSSR count). The van der Waals surface area contributed by atoms with Gasteiger partial charge in [0.1, 0.15) is 0 Å². The molecule has 0 N–H and O–H groups in total. The molecule has 7 heteroatoms. The van der Waals surface area contributed by atoms with Gasteiger partial charge in [0.25, 0.3) is 5.56 Å². The van der Waals surface area contributed by atoms with Crippen LogP contribution in [0.1, 0.15) is 39.2 Å². The Labute approximate surface area is 192 Å². The van der Waals surface area contributed by atoms with Crippen molar-refractivity contribution in [1.82, 2.24) is 14.5 Å². The number of rotatable bonds is 5. The van der Waals surface area contributed by atoms with Gasteiger partial charge < -0.3 is 9.64 Å². The minimum absolute atomic E-state index is 0.0177. The number of morpholine rings is 1. The molecule has 168 valence electrons. The van der Waals surface area contributed by atoms with Gasteiger partial charge in [-0.1, -0.05) is 49.9 Å². The van der Waals surface area contributed by atoms with E-state index in [1.165, 1.54) is 17.3 Å². The largest absolute Gasteiger partial charge is 0.372 e. The van der Waals surface area contributed by atoms with Gasteiger partial charge in [-0.05, 0) is 49.6 Å². The van der Waals surface area contributed by atoms with E-state index >= 15 is 0 Å². The van der Waals surface area contributed by atoms with Gasteiger partial charge in [0.05, 0.1) is 34.6 Å². The number of hydrogen-bond donors (Lipinski definition) is 0. The van der Waals surface area contributed by atoms with Gasteiger partial charge in [-0.15, -0.1) is 0 Å². The number of nitrogens with zero attached hydrogens (tertiary/aromatic N) is 3. The highest BCUT2D eigenvalue weighted by atomic mass is 32.2. The standard InChI is InChI=1S/C25H29N3O3S/c1-16(2)19-9-11-20(12-10-19)28-24(30)21-7-5-6-8-22(21)26-25(28)32-15-23(29)27-13-17(3)31-18(4)14-27/h5-12,16-18H,13-15H2,1-4H3. The summed E-state index contributed by atoms with van der Waals surface area (Å²) < 4.78 is 7.36. The number of ether oxygens (including phenoxy) is 1. The highest BCUT2D eigenvalue weighted by Crippen LogP contribution is 2.24. The highest BCUT2D eigenvalue weighted by Gasteiger charge is 2.26. The van der Waals surface area contributed by atoms with Crippen molar-refractivity contribution in [2.45, 2.75) is 51.0 Å². The van der Waals surface area contributed by atoms with Crippen LogP contribution in [-0.4, -0.2) is 51.4 Å². The van der Waals surface area contributed by atoms with Gasteiger partial charge in [0.15, 0.2) is 5.16 Å². The summed E-state index contributed by atoms with van der Waals surface area (Å²) in [6, 6.07) is 15.3. The third kappa shape index (κ3) is 4.74. The second-order valence-corrected chi connectivity index (χ2v) is 9.59. The number of amides is 1. The Morgan fingerprint density at radius 2 is 1.75 bits per heavy atom. The molecule has 2 atom stereocenters. The molecular formula is C25H29N3O3S.